The molecule has 4 nitrogen and oxygen atoms in total. The molecular weight excluding hydrogens is 200 g/mol. The fourth-order valence-electron chi connectivity index (χ4n) is 1.63. The number of Topliss-reactive ketones (excluding diaryl/α,β-unsaturated/α-hetero) is 2. The van der Waals surface area contributed by atoms with Crippen LogP contribution in [0.1, 0.15) is 26.7 Å². The molecule has 0 amide bonds. The van der Waals surface area contributed by atoms with Crippen LogP contribution in [0.15, 0.2) is 0 Å². The predicted molar refractivity (Wildman–Crippen MR) is 56.3 cm³/mol. The molecular formula is C9H14N2O2S. The van der Waals surface area contributed by atoms with Crippen molar-refractivity contribution < 1.29 is 9.59 Å². The number of nitrogens with two attached hydrogens (primary N) is 1. The summed E-state index contributed by atoms with van der Waals surface area (Å²) in [5.74, 6) is -0.210. The summed E-state index contributed by atoms with van der Waals surface area (Å²) >= 11 is 0.854. The lowest BCUT2D eigenvalue weighted by molar-refractivity contribution is -0.132. The maximum atomic E-state index is 11.6. The van der Waals surface area contributed by atoms with Crippen LogP contribution >= 0.6 is 11.8 Å². The Labute approximate surface area is 87.1 Å². The zero-order valence-electron chi connectivity index (χ0n) is 8.29. The smallest absolute Gasteiger partial charge is 0.154 e. The van der Waals surface area contributed by atoms with Crippen LogP contribution in [0, 0.1) is 10.8 Å². The Morgan fingerprint density at radius 2 is 1.86 bits per heavy atom. The average molecular weight is 214 g/mol. The third-order valence-corrected chi connectivity index (χ3v) is 3.15. The maximum Gasteiger partial charge on any atom is 0.154 e. The number of amidine groups is 1. The molecule has 3 N–H and O–H groups in total. The van der Waals surface area contributed by atoms with E-state index < -0.39 is 5.25 Å². The number of thioether (sulfide) groups is 1. The molecule has 1 aliphatic carbocycles. The van der Waals surface area contributed by atoms with Gasteiger partial charge in [0.25, 0.3) is 0 Å². The van der Waals surface area contributed by atoms with Gasteiger partial charge in [0.15, 0.2) is 16.7 Å². The van der Waals surface area contributed by atoms with Gasteiger partial charge < -0.3 is 5.73 Å². The minimum Gasteiger partial charge on any atom is -0.379 e. The summed E-state index contributed by atoms with van der Waals surface area (Å²) in [6, 6.07) is 0. The first-order valence-corrected chi connectivity index (χ1v) is 5.26. The van der Waals surface area contributed by atoms with Crippen molar-refractivity contribution in [2.24, 2.45) is 11.1 Å². The molecule has 1 fully saturated rings. The second-order valence-corrected chi connectivity index (χ2v) is 5.46. The topological polar surface area (TPSA) is 84.0 Å². The van der Waals surface area contributed by atoms with Crippen molar-refractivity contribution in [3.05, 3.63) is 0 Å². The highest BCUT2D eigenvalue weighted by Gasteiger charge is 2.40. The van der Waals surface area contributed by atoms with Crippen molar-refractivity contribution >= 4 is 28.5 Å². The van der Waals surface area contributed by atoms with Gasteiger partial charge in [-0.3, -0.25) is 15.0 Å². The largest absolute Gasteiger partial charge is 0.379 e. The highest BCUT2D eigenvalue weighted by atomic mass is 32.2. The summed E-state index contributed by atoms with van der Waals surface area (Å²) in [5, 5.41) is 6.14. The monoisotopic (exact) mass is 214 g/mol. The molecule has 0 aromatic rings. The van der Waals surface area contributed by atoms with Gasteiger partial charge in [0.2, 0.25) is 0 Å². The van der Waals surface area contributed by atoms with Crippen LogP contribution in [0.5, 0.6) is 0 Å². The molecule has 14 heavy (non-hydrogen) atoms. The van der Waals surface area contributed by atoms with E-state index in [0.29, 0.717) is 12.8 Å². The van der Waals surface area contributed by atoms with Gasteiger partial charge in [-0.25, -0.2) is 0 Å². The lowest BCUT2D eigenvalue weighted by atomic mass is 9.76. The molecule has 78 valence electrons. The van der Waals surface area contributed by atoms with Crippen LogP contribution in [-0.4, -0.2) is 22.0 Å². The third kappa shape index (κ3) is 2.57. The van der Waals surface area contributed by atoms with E-state index in [0.717, 1.165) is 11.8 Å². The molecule has 1 aliphatic rings. The molecule has 5 heteroatoms. The molecule has 0 unspecified atom stereocenters. The molecule has 0 radical (unpaired) electrons. The Kier molecular flexibility index (Phi) is 2.99. The summed E-state index contributed by atoms with van der Waals surface area (Å²) in [7, 11) is 0. The standard InChI is InChI=1S/C9H14N2O2S/c1-9(2)3-5(12)7(6(13)4-9)14-8(10)11/h7H,3-4H2,1-2H3,(H3,10,11). The Morgan fingerprint density at radius 3 is 2.21 bits per heavy atom. The van der Waals surface area contributed by atoms with E-state index in [-0.39, 0.29) is 22.1 Å². The first-order chi connectivity index (χ1) is 6.32. The quantitative estimate of drug-likeness (QED) is 0.386. The number of carbonyl (C=O) groups excluding carboxylic acids is 2. The average Bonchev–Trinajstić information content (AvgIpc) is 1.94. The summed E-state index contributed by atoms with van der Waals surface area (Å²) in [6.45, 7) is 3.80. The highest BCUT2D eigenvalue weighted by Crippen LogP contribution is 2.35. The number of nitrogens with one attached hydrogen (secondary N) is 1. The van der Waals surface area contributed by atoms with Crippen molar-refractivity contribution in [1.29, 1.82) is 5.41 Å². The minimum atomic E-state index is -0.736. The summed E-state index contributed by atoms with van der Waals surface area (Å²) < 4.78 is 0. The van der Waals surface area contributed by atoms with Crippen LogP contribution in [0.3, 0.4) is 0 Å². The van der Waals surface area contributed by atoms with Crippen LogP contribution in [0.4, 0.5) is 0 Å². The van der Waals surface area contributed by atoms with E-state index in [1.807, 2.05) is 13.8 Å². The summed E-state index contributed by atoms with van der Waals surface area (Å²) in [6.07, 6.45) is 0.785. The number of rotatable bonds is 1. The first kappa shape index (κ1) is 11.2. The van der Waals surface area contributed by atoms with Crippen LogP contribution < -0.4 is 5.73 Å². The molecule has 0 atom stereocenters. The molecule has 0 spiro atoms. The Balaban J connectivity index is 2.76. The van der Waals surface area contributed by atoms with Gasteiger partial charge in [-0.2, -0.15) is 0 Å². The van der Waals surface area contributed by atoms with E-state index >= 15 is 0 Å². The molecule has 0 heterocycles. The summed E-state index contributed by atoms with van der Waals surface area (Å²) in [5.41, 5.74) is 4.92. The maximum absolute atomic E-state index is 11.6. The fraction of sp³-hybridized carbons (Fsp3) is 0.667. The number of hydrogen-bond donors (Lipinski definition) is 2. The van der Waals surface area contributed by atoms with Crippen LogP contribution in [-0.2, 0) is 9.59 Å². The first-order valence-electron chi connectivity index (χ1n) is 4.38. The zero-order valence-corrected chi connectivity index (χ0v) is 9.11. The molecule has 0 aromatic carbocycles. The van der Waals surface area contributed by atoms with E-state index in [9.17, 15) is 9.59 Å². The minimum absolute atomic E-state index is 0.105. The van der Waals surface area contributed by atoms with E-state index in [2.05, 4.69) is 0 Å². The van der Waals surface area contributed by atoms with Gasteiger partial charge in [-0.15, -0.1) is 0 Å². The van der Waals surface area contributed by atoms with Gasteiger partial charge in [-0.1, -0.05) is 25.6 Å². The fourth-order valence-corrected chi connectivity index (χ4v) is 2.31. The van der Waals surface area contributed by atoms with Crippen molar-refractivity contribution in [3.63, 3.8) is 0 Å². The van der Waals surface area contributed by atoms with Crippen LogP contribution in [0.25, 0.3) is 0 Å². The second kappa shape index (κ2) is 3.73. The van der Waals surface area contributed by atoms with E-state index in [1.54, 1.807) is 0 Å². The lowest BCUT2D eigenvalue weighted by Gasteiger charge is -2.31. The van der Waals surface area contributed by atoms with E-state index in [1.165, 1.54) is 0 Å². The second-order valence-electron chi connectivity index (χ2n) is 4.31. The lowest BCUT2D eigenvalue weighted by Crippen LogP contribution is -2.40. The summed E-state index contributed by atoms with van der Waals surface area (Å²) in [4.78, 5) is 23.1. The van der Waals surface area contributed by atoms with Crippen LogP contribution in [0.2, 0.25) is 0 Å². The zero-order chi connectivity index (χ0) is 10.9. The predicted octanol–water partition coefficient (Wildman–Crippen LogP) is 0.940. The van der Waals surface area contributed by atoms with Gasteiger partial charge >= 0.3 is 0 Å². The Hall–Kier alpha value is -0.840. The van der Waals surface area contributed by atoms with E-state index in [4.69, 9.17) is 11.1 Å². The normalized spacial score (nSPS) is 22.4. The number of hydrogen-bond acceptors (Lipinski definition) is 4. The SMILES string of the molecule is CC1(C)CC(=O)C(SC(=N)N)C(=O)C1. The van der Waals surface area contributed by atoms with Gasteiger partial charge in [-0.05, 0) is 5.41 Å². The number of carbonyl (C=O) groups is 2. The van der Waals surface area contributed by atoms with Gasteiger partial charge in [0.1, 0.15) is 5.25 Å². The van der Waals surface area contributed by atoms with Crippen molar-refractivity contribution in [3.8, 4) is 0 Å². The number of ketones is 2. The highest BCUT2D eigenvalue weighted by molar-refractivity contribution is 8.15. The molecule has 1 rings (SSSR count). The van der Waals surface area contributed by atoms with Gasteiger partial charge in [0.05, 0.1) is 0 Å². The van der Waals surface area contributed by atoms with Crippen molar-refractivity contribution in [2.75, 3.05) is 0 Å². The Bertz CT molecular complexity index is 279. The molecule has 0 bridgehead atoms. The van der Waals surface area contributed by atoms with Crippen molar-refractivity contribution in [2.45, 2.75) is 31.9 Å². The molecule has 0 aromatic heterocycles. The van der Waals surface area contributed by atoms with Crippen molar-refractivity contribution in [1.82, 2.24) is 0 Å². The molecule has 1 saturated carbocycles. The Morgan fingerprint density at radius 1 is 1.43 bits per heavy atom. The molecule has 0 aliphatic heterocycles. The molecule has 0 saturated heterocycles. The third-order valence-electron chi connectivity index (χ3n) is 2.14. The van der Waals surface area contributed by atoms with Gasteiger partial charge in [0, 0.05) is 12.8 Å².